The molecule has 0 aliphatic carbocycles. The van der Waals surface area contributed by atoms with Crippen molar-refractivity contribution in [1.29, 1.82) is 0 Å². The van der Waals surface area contributed by atoms with Crippen molar-refractivity contribution in [2.45, 2.75) is 13.3 Å². The average molecular weight is 192 g/mol. The standard InChI is InChI=1S/C9H18F2N2/c1-7(8-3-12-4-8)5-13(2)6-9(10)11/h7-9,12H,3-6H2,1-2H3. The van der Waals surface area contributed by atoms with Crippen LogP contribution in [0.25, 0.3) is 0 Å². The molecule has 0 amide bonds. The van der Waals surface area contributed by atoms with Gasteiger partial charge in [-0.1, -0.05) is 6.92 Å². The minimum absolute atomic E-state index is 0.107. The summed E-state index contributed by atoms with van der Waals surface area (Å²) in [5.74, 6) is 1.20. The summed E-state index contributed by atoms with van der Waals surface area (Å²) >= 11 is 0. The van der Waals surface area contributed by atoms with Gasteiger partial charge >= 0.3 is 0 Å². The molecule has 1 N–H and O–H groups in total. The third kappa shape index (κ3) is 3.56. The van der Waals surface area contributed by atoms with Crippen LogP contribution < -0.4 is 5.32 Å². The Hall–Kier alpha value is -0.220. The van der Waals surface area contributed by atoms with E-state index < -0.39 is 6.43 Å². The molecule has 1 unspecified atom stereocenters. The van der Waals surface area contributed by atoms with Crippen molar-refractivity contribution in [1.82, 2.24) is 10.2 Å². The van der Waals surface area contributed by atoms with Crippen LogP contribution >= 0.6 is 0 Å². The Balaban J connectivity index is 2.14. The Morgan fingerprint density at radius 1 is 1.38 bits per heavy atom. The zero-order chi connectivity index (χ0) is 9.84. The molecular weight excluding hydrogens is 174 g/mol. The quantitative estimate of drug-likeness (QED) is 0.700. The van der Waals surface area contributed by atoms with E-state index >= 15 is 0 Å². The molecule has 1 saturated heterocycles. The molecule has 0 spiro atoms. The maximum absolute atomic E-state index is 12.0. The highest BCUT2D eigenvalue weighted by Crippen LogP contribution is 2.16. The first-order valence-corrected chi connectivity index (χ1v) is 4.77. The van der Waals surface area contributed by atoms with Gasteiger partial charge in [0.25, 0.3) is 6.43 Å². The fourth-order valence-corrected chi connectivity index (χ4v) is 1.66. The lowest BCUT2D eigenvalue weighted by Gasteiger charge is -2.34. The lowest BCUT2D eigenvalue weighted by Crippen LogP contribution is -2.48. The number of nitrogens with one attached hydrogen (secondary N) is 1. The lowest BCUT2D eigenvalue weighted by molar-refractivity contribution is 0.0845. The fraction of sp³-hybridized carbons (Fsp3) is 1.00. The molecule has 1 atom stereocenters. The van der Waals surface area contributed by atoms with Crippen LogP contribution in [0.5, 0.6) is 0 Å². The summed E-state index contributed by atoms with van der Waals surface area (Å²) in [4.78, 5) is 1.72. The fourth-order valence-electron chi connectivity index (χ4n) is 1.66. The zero-order valence-electron chi connectivity index (χ0n) is 8.26. The van der Waals surface area contributed by atoms with E-state index in [4.69, 9.17) is 0 Å². The van der Waals surface area contributed by atoms with Crippen molar-refractivity contribution in [3.8, 4) is 0 Å². The summed E-state index contributed by atoms with van der Waals surface area (Å²) < 4.78 is 24.0. The average Bonchev–Trinajstić information content (AvgIpc) is 1.78. The highest BCUT2D eigenvalue weighted by Gasteiger charge is 2.24. The van der Waals surface area contributed by atoms with Crippen molar-refractivity contribution in [3.05, 3.63) is 0 Å². The second-order valence-corrected chi connectivity index (χ2v) is 4.01. The Bertz CT molecular complexity index is 149. The van der Waals surface area contributed by atoms with Gasteiger partial charge in [-0.3, -0.25) is 0 Å². The van der Waals surface area contributed by atoms with Crippen molar-refractivity contribution in [2.24, 2.45) is 11.8 Å². The van der Waals surface area contributed by atoms with Crippen molar-refractivity contribution >= 4 is 0 Å². The van der Waals surface area contributed by atoms with Gasteiger partial charge in [-0.2, -0.15) is 0 Å². The third-order valence-corrected chi connectivity index (χ3v) is 2.67. The minimum atomic E-state index is -2.21. The van der Waals surface area contributed by atoms with E-state index in [0.29, 0.717) is 11.8 Å². The highest BCUT2D eigenvalue weighted by atomic mass is 19.3. The van der Waals surface area contributed by atoms with Crippen LogP contribution in [0.3, 0.4) is 0 Å². The number of rotatable bonds is 5. The van der Waals surface area contributed by atoms with Crippen LogP contribution in [0.4, 0.5) is 8.78 Å². The Morgan fingerprint density at radius 3 is 2.38 bits per heavy atom. The summed E-state index contributed by atoms with van der Waals surface area (Å²) in [6.45, 7) is 4.89. The summed E-state index contributed by atoms with van der Waals surface area (Å²) in [7, 11) is 1.76. The molecule has 1 rings (SSSR count). The summed E-state index contributed by atoms with van der Waals surface area (Å²) in [6.07, 6.45) is -2.21. The largest absolute Gasteiger partial charge is 0.316 e. The van der Waals surface area contributed by atoms with Gasteiger partial charge in [0.2, 0.25) is 0 Å². The molecule has 1 aliphatic heterocycles. The second-order valence-electron chi connectivity index (χ2n) is 4.01. The van der Waals surface area contributed by atoms with Crippen molar-refractivity contribution < 1.29 is 8.78 Å². The van der Waals surface area contributed by atoms with E-state index in [-0.39, 0.29) is 6.54 Å². The highest BCUT2D eigenvalue weighted by molar-refractivity contribution is 4.80. The first-order valence-electron chi connectivity index (χ1n) is 4.77. The molecule has 0 aromatic heterocycles. The van der Waals surface area contributed by atoms with Crippen LogP contribution in [0.2, 0.25) is 0 Å². The van der Waals surface area contributed by atoms with Gasteiger partial charge in [0.15, 0.2) is 0 Å². The van der Waals surface area contributed by atoms with Crippen LogP contribution in [0, 0.1) is 11.8 Å². The van der Waals surface area contributed by atoms with Crippen LogP contribution in [-0.2, 0) is 0 Å². The molecule has 1 heterocycles. The van der Waals surface area contributed by atoms with E-state index in [1.54, 1.807) is 11.9 Å². The Kier molecular flexibility index (Phi) is 4.06. The van der Waals surface area contributed by atoms with Gasteiger partial charge < -0.3 is 10.2 Å². The van der Waals surface area contributed by atoms with Crippen LogP contribution in [0.15, 0.2) is 0 Å². The molecule has 13 heavy (non-hydrogen) atoms. The van der Waals surface area contributed by atoms with Crippen molar-refractivity contribution in [3.63, 3.8) is 0 Å². The zero-order valence-corrected chi connectivity index (χ0v) is 8.26. The molecule has 0 bridgehead atoms. The topological polar surface area (TPSA) is 15.3 Å². The molecule has 78 valence electrons. The lowest BCUT2D eigenvalue weighted by atomic mass is 9.89. The third-order valence-electron chi connectivity index (χ3n) is 2.67. The SMILES string of the molecule is CC(CN(C)CC(F)F)C1CNC1. The maximum Gasteiger partial charge on any atom is 0.251 e. The number of alkyl halides is 2. The van der Waals surface area contributed by atoms with E-state index in [9.17, 15) is 8.78 Å². The molecule has 0 aromatic rings. The van der Waals surface area contributed by atoms with Gasteiger partial charge in [0.1, 0.15) is 0 Å². The number of hydrogen-bond donors (Lipinski definition) is 1. The molecule has 1 aliphatic rings. The Labute approximate surface area is 78.3 Å². The van der Waals surface area contributed by atoms with Crippen LogP contribution in [0.1, 0.15) is 6.92 Å². The summed E-state index contributed by atoms with van der Waals surface area (Å²) in [5.41, 5.74) is 0. The summed E-state index contributed by atoms with van der Waals surface area (Å²) in [6, 6.07) is 0. The van der Waals surface area contributed by atoms with Gasteiger partial charge in [-0.15, -0.1) is 0 Å². The molecule has 0 saturated carbocycles. The van der Waals surface area contributed by atoms with Gasteiger partial charge in [0.05, 0.1) is 6.54 Å². The van der Waals surface area contributed by atoms with E-state index in [0.717, 1.165) is 19.6 Å². The van der Waals surface area contributed by atoms with Gasteiger partial charge in [-0.25, -0.2) is 8.78 Å². The monoisotopic (exact) mass is 192 g/mol. The smallest absolute Gasteiger partial charge is 0.251 e. The molecule has 0 radical (unpaired) electrons. The first kappa shape index (κ1) is 10.9. The predicted molar refractivity (Wildman–Crippen MR) is 49.0 cm³/mol. The van der Waals surface area contributed by atoms with Crippen molar-refractivity contribution in [2.75, 3.05) is 33.2 Å². The number of halogens is 2. The number of hydrogen-bond acceptors (Lipinski definition) is 2. The maximum atomic E-state index is 12.0. The number of nitrogens with zero attached hydrogens (tertiary/aromatic N) is 1. The van der Waals surface area contributed by atoms with Crippen LogP contribution in [-0.4, -0.2) is 44.6 Å². The first-order chi connectivity index (χ1) is 6.09. The van der Waals surface area contributed by atoms with Gasteiger partial charge in [0, 0.05) is 6.54 Å². The minimum Gasteiger partial charge on any atom is -0.316 e. The van der Waals surface area contributed by atoms with E-state index in [1.165, 1.54) is 0 Å². The van der Waals surface area contributed by atoms with E-state index in [1.807, 2.05) is 0 Å². The Morgan fingerprint density at radius 2 is 2.00 bits per heavy atom. The second kappa shape index (κ2) is 4.86. The van der Waals surface area contributed by atoms with E-state index in [2.05, 4.69) is 12.2 Å². The van der Waals surface area contributed by atoms with Gasteiger partial charge in [-0.05, 0) is 32.0 Å². The predicted octanol–water partition coefficient (Wildman–Crippen LogP) is 1.04. The summed E-state index contributed by atoms with van der Waals surface area (Å²) in [5, 5.41) is 3.19. The molecular formula is C9H18F2N2. The normalized spacial score (nSPS) is 20.8. The molecule has 1 fully saturated rings. The molecule has 4 heteroatoms. The molecule has 0 aromatic carbocycles. The molecule has 2 nitrogen and oxygen atoms in total.